The average Bonchev–Trinajstić information content (AvgIpc) is 2.70. The molecule has 0 aromatic heterocycles. The van der Waals surface area contributed by atoms with Crippen molar-refractivity contribution in [1.82, 2.24) is 5.32 Å². The van der Waals surface area contributed by atoms with Crippen LogP contribution in [0.5, 0.6) is 0 Å². The maximum atomic E-state index is 11.5. The molecule has 0 spiro atoms. The Kier molecular flexibility index (Phi) is 4.89. The van der Waals surface area contributed by atoms with E-state index in [1.807, 2.05) is 0 Å². The molecule has 1 saturated carbocycles. The molecule has 1 atom stereocenters. The Morgan fingerprint density at radius 3 is 2.47 bits per heavy atom. The van der Waals surface area contributed by atoms with Crippen LogP contribution in [0.25, 0.3) is 0 Å². The highest BCUT2D eigenvalue weighted by Crippen LogP contribution is 2.28. The predicted octanol–water partition coefficient (Wildman–Crippen LogP) is -0.400. The minimum absolute atomic E-state index is 0.111. The van der Waals surface area contributed by atoms with E-state index in [0.29, 0.717) is 12.8 Å². The van der Waals surface area contributed by atoms with Crippen molar-refractivity contribution in [3.8, 4) is 0 Å². The first kappa shape index (κ1) is 13.9. The van der Waals surface area contributed by atoms with Crippen molar-refractivity contribution in [2.75, 3.05) is 6.54 Å². The Morgan fingerprint density at radius 1 is 1.35 bits per heavy atom. The summed E-state index contributed by atoms with van der Waals surface area (Å²) < 4.78 is 0. The van der Waals surface area contributed by atoms with Gasteiger partial charge in [0.25, 0.3) is 0 Å². The topological polar surface area (TPSA) is 113 Å². The zero-order valence-electron chi connectivity index (χ0n) is 9.82. The van der Waals surface area contributed by atoms with Gasteiger partial charge in [-0.15, -0.1) is 0 Å². The van der Waals surface area contributed by atoms with Crippen LogP contribution in [0.4, 0.5) is 0 Å². The molecule has 1 fully saturated rings. The summed E-state index contributed by atoms with van der Waals surface area (Å²) in [4.78, 5) is 21.8. The maximum Gasteiger partial charge on any atom is 0.303 e. The lowest BCUT2D eigenvalue weighted by Crippen LogP contribution is -2.47. The van der Waals surface area contributed by atoms with Gasteiger partial charge in [0.05, 0.1) is 11.6 Å². The highest BCUT2D eigenvalue weighted by atomic mass is 16.4. The number of carbonyl (C=O) groups is 2. The molecule has 6 nitrogen and oxygen atoms in total. The van der Waals surface area contributed by atoms with E-state index in [0.717, 1.165) is 12.8 Å². The third-order valence-corrected chi connectivity index (χ3v) is 3.13. The van der Waals surface area contributed by atoms with E-state index in [2.05, 4.69) is 5.32 Å². The first-order valence-electron chi connectivity index (χ1n) is 5.90. The first-order valence-corrected chi connectivity index (χ1v) is 5.90. The molecule has 0 aromatic carbocycles. The van der Waals surface area contributed by atoms with E-state index in [1.165, 1.54) is 0 Å². The summed E-state index contributed by atoms with van der Waals surface area (Å²) in [6.07, 6.45) is 3.31. The summed E-state index contributed by atoms with van der Waals surface area (Å²) >= 11 is 0. The molecule has 1 aliphatic carbocycles. The number of rotatable bonds is 6. The Morgan fingerprint density at radius 2 is 1.94 bits per heavy atom. The smallest absolute Gasteiger partial charge is 0.303 e. The lowest BCUT2D eigenvalue weighted by atomic mass is 10.0. The van der Waals surface area contributed by atoms with Crippen LogP contribution in [0.2, 0.25) is 0 Å². The molecule has 17 heavy (non-hydrogen) atoms. The average molecular weight is 244 g/mol. The van der Waals surface area contributed by atoms with Crippen LogP contribution in [0.3, 0.4) is 0 Å². The molecule has 6 heteroatoms. The number of nitrogens with one attached hydrogen (secondary N) is 1. The van der Waals surface area contributed by atoms with Gasteiger partial charge in [-0.3, -0.25) is 9.59 Å². The summed E-state index contributed by atoms with van der Waals surface area (Å²) in [7, 11) is 0. The molecule has 0 bridgehead atoms. The molecule has 0 aromatic rings. The number of aliphatic hydroxyl groups is 1. The number of hydrogen-bond donors (Lipinski definition) is 4. The van der Waals surface area contributed by atoms with Crippen molar-refractivity contribution < 1.29 is 19.8 Å². The minimum atomic E-state index is -0.970. The lowest BCUT2D eigenvalue weighted by molar-refractivity contribution is -0.137. The van der Waals surface area contributed by atoms with Gasteiger partial charge in [-0.1, -0.05) is 12.8 Å². The lowest BCUT2D eigenvalue weighted by Gasteiger charge is -2.23. The number of nitrogens with two attached hydrogens (primary N) is 1. The second kappa shape index (κ2) is 5.97. The molecule has 0 saturated heterocycles. The second-order valence-corrected chi connectivity index (χ2v) is 4.69. The van der Waals surface area contributed by atoms with Crippen molar-refractivity contribution in [2.45, 2.75) is 50.2 Å². The summed E-state index contributed by atoms with van der Waals surface area (Å²) in [5.74, 6) is -1.37. The Labute approximate surface area is 100 Å². The molecule has 1 unspecified atom stereocenters. The Hall–Kier alpha value is -1.14. The van der Waals surface area contributed by atoms with Crippen LogP contribution < -0.4 is 11.1 Å². The van der Waals surface area contributed by atoms with Gasteiger partial charge in [0.2, 0.25) is 5.91 Å². The number of hydrogen-bond acceptors (Lipinski definition) is 4. The van der Waals surface area contributed by atoms with Crippen molar-refractivity contribution in [3.05, 3.63) is 0 Å². The third-order valence-electron chi connectivity index (χ3n) is 3.13. The van der Waals surface area contributed by atoms with Crippen LogP contribution in [-0.4, -0.2) is 40.3 Å². The molecule has 0 aliphatic heterocycles. The van der Waals surface area contributed by atoms with Gasteiger partial charge in [-0.05, 0) is 19.3 Å². The van der Waals surface area contributed by atoms with Gasteiger partial charge in [-0.25, -0.2) is 0 Å². The maximum absolute atomic E-state index is 11.5. The van der Waals surface area contributed by atoms with Gasteiger partial charge in [0.1, 0.15) is 0 Å². The van der Waals surface area contributed by atoms with Gasteiger partial charge in [0, 0.05) is 13.0 Å². The second-order valence-electron chi connectivity index (χ2n) is 4.69. The van der Waals surface area contributed by atoms with E-state index >= 15 is 0 Å². The standard InChI is InChI=1S/C11H20N2O4/c12-8(3-4-9(14)15)10(16)13-7-11(17)5-1-2-6-11/h8,17H,1-7,12H2,(H,13,16)(H,14,15). The summed E-state index contributed by atoms with van der Waals surface area (Å²) in [5, 5.41) is 21.0. The summed E-state index contributed by atoms with van der Waals surface area (Å²) in [6, 6.07) is -0.823. The van der Waals surface area contributed by atoms with E-state index in [9.17, 15) is 14.7 Å². The molecule has 0 radical (unpaired) electrons. The number of aliphatic carboxylic acids is 1. The van der Waals surface area contributed by atoms with Crippen LogP contribution in [0.15, 0.2) is 0 Å². The van der Waals surface area contributed by atoms with Crippen LogP contribution >= 0.6 is 0 Å². The van der Waals surface area contributed by atoms with E-state index < -0.39 is 23.5 Å². The van der Waals surface area contributed by atoms with Crippen molar-refractivity contribution >= 4 is 11.9 Å². The molecule has 1 aliphatic rings. The quantitative estimate of drug-likeness (QED) is 0.508. The van der Waals surface area contributed by atoms with Gasteiger partial charge in [0.15, 0.2) is 0 Å². The monoisotopic (exact) mass is 244 g/mol. The van der Waals surface area contributed by atoms with Crippen LogP contribution in [0.1, 0.15) is 38.5 Å². The highest BCUT2D eigenvalue weighted by Gasteiger charge is 2.31. The minimum Gasteiger partial charge on any atom is -0.481 e. The van der Waals surface area contributed by atoms with E-state index in [4.69, 9.17) is 10.8 Å². The molecule has 1 rings (SSSR count). The Bertz CT molecular complexity index is 287. The largest absolute Gasteiger partial charge is 0.481 e. The summed E-state index contributed by atoms with van der Waals surface area (Å²) in [5.41, 5.74) is 4.73. The van der Waals surface area contributed by atoms with Gasteiger partial charge >= 0.3 is 5.97 Å². The molecule has 98 valence electrons. The van der Waals surface area contributed by atoms with Crippen LogP contribution in [-0.2, 0) is 9.59 Å². The molecule has 0 heterocycles. The SMILES string of the molecule is NC(CCC(=O)O)C(=O)NCC1(O)CCCC1. The normalized spacial score (nSPS) is 19.9. The molecule has 5 N–H and O–H groups in total. The molecular formula is C11H20N2O4. The zero-order chi connectivity index (χ0) is 12.9. The van der Waals surface area contributed by atoms with Gasteiger partial charge in [-0.2, -0.15) is 0 Å². The third kappa shape index (κ3) is 4.70. The zero-order valence-corrected chi connectivity index (χ0v) is 9.82. The number of carboxylic acids is 1. The number of amides is 1. The fourth-order valence-electron chi connectivity index (χ4n) is 2.00. The molecule has 1 amide bonds. The predicted molar refractivity (Wildman–Crippen MR) is 61.3 cm³/mol. The van der Waals surface area contributed by atoms with E-state index in [1.54, 1.807) is 0 Å². The Balaban J connectivity index is 2.26. The van der Waals surface area contributed by atoms with Crippen molar-refractivity contribution in [1.29, 1.82) is 0 Å². The fourth-order valence-corrected chi connectivity index (χ4v) is 2.00. The fraction of sp³-hybridized carbons (Fsp3) is 0.818. The summed E-state index contributed by atoms with van der Waals surface area (Å²) in [6.45, 7) is 0.201. The number of carbonyl (C=O) groups excluding carboxylic acids is 1. The molecular weight excluding hydrogens is 224 g/mol. The van der Waals surface area contributed by atoms with Crippen LogP contribution in [0, 0.1) is 0 Å². The first-order chi connectivity index (χ1) is 7.93. The van der Waals surface area contributed by atoms with Crippen molar-refractivity contribution in [2.24, 2.45) is 5.73 Å². The number of carboxylic acid groups (broad SMARTS) is 1. The highest BCUT2D eigenvalue weighted by molar-refractivity contribution is 5.82. The van der Waals surface area contributed by atoms with Crippen molar-refractivity contribution in [3.63, 3.8) is 0 Å². The van der Waals surface area contributed by atoms with E-state index in [-0.39, 0.29) is 19.4 Å². The van der Waals surface area contributed by atoms with Gasteiger partial charge < -0.3 is 21.3 Å².